The molecule has 8 heteroatoms. The van der Waals surface area contributed by atoms with Crippen LogP contribution in [0.4, 0.5) is 0 Å². The van der Waals surface area contributed by atoms with Crippen LogP contribution in [0.2, 0.25) is 0 Å². The molecule has 0 spiro atoms. The summed E-state index contributed by atoms with van der Waals surface area (Å²) in [5.74, 6) is 2.52. The van der Waals surface area contributed by atoms with E-state index in [1.807, 2.05) is 0 Å². The van der Waals surface area contributed by atoms with Crippen LogP contribution in [0.25, 0.3) is 0 Å². The Morgan fingerprint density at radius 2 is 1.88 bits per heavy atom. The van der Waals surface area contributed by atoms with Crippen molar-refractivity contribution in [1.82, 2.24) is 15.0 Å². The molecule has 26 heavy (non-hydrogen) atoms. The summed E-state index contributed by atoms with van der Waals surface area (Å²) in [5.41, 5.74) is 0.488. The minimum atomic E-state index is -0.0924. The predicted molar refractivity (Wildman–Crippen MR) is 93.0 cm³/mol. The standard InChI is InChI=1S/C18H23N3O5/c1-11-19-17(26-20-11)12-6-5-7-21(10-12)18(22)13-8-14(23-2)16(25-4)15(9-13)24-3/h8-9,12H,5-7,10H2,1-4H3/t12-/m0/s1. The number of ether oxygens (including phenoxy) is 3. The lowest BCUT2D eigenvalue weighted by Gasteiger charge is -2.31. The summed E-state index contributed by atoms with van der Waals surface area (Å²) < 4.78 is 21.3. The number of aryl methyl sites for hydroxylation is 1. The quantitative estimate of drug-likeness (QED) is 0.808. The van der Waals surface area contributed by atoms with Gasteiger partial charge in [0.2, 0.25) is 11.6 Å². The topological polar surface area (TPSA) is 86.9 Å². The van der Waals surface area contributed by atoms with Crippen molar-refractivity contribution >= 4 is 5.91 Å². The van der Waals surface area contributed by atoms with Gasteiger partial charge in [-0.05, 0) is 31.9 Å². The van der Waals surface area contributed by atoms with Gasteiger partial charge in [0.05, 0.1) is 27.2 Å². The Bertz CT molecular complexity index is 764. The molecular weight excluding hydrogens is 338 g/mol. The highest BCUT2D eigenvalue weighted by Gasteiger charge is 2.29. The van der Waals surface area contributed by atoms with Gasteiger partial charge in [0.25, 0.3) is 5.91 Å². The first-order chi connectivity index (χ1) is 12.6. The summed E-state index contributed by atoms with van der Waals surface area (Å²) in [7, 11) is 4.59. The Balaban J connectivity index is 1.84. The number of nitrogens with zero attached hydrogens (tertiary/aromatic N) is 3. The van der Waals surface area contributed by atoms with Crippen molar-refractivity contribution in [3.63, 3.8) is 0 Å². The molecule has 1 aromatic heterocycles. The van der Waals surface area contributed by atoms with Gasteiger partial charge in [-0.25, -0.2) is 0 Å². The summed E-state index contributed by atoms with van der Waals surface area (Å²) in [6.07, 6.45) is 1.79. The highest BCUT2D eigenvalue weighted by atomic mass is 16.5. The zero-order valence-electron chi connectivity index (χ0n) is 15.4. The monoisotopic (exact) mass is 361 g/mol. The molecule has 0 N–H and O–H groups in total. The summed E-state index contributed by atoms with van der Waals surface area (Å²) in [6, 6.07) is 3.34. The Morgan fingerprint density at radius 1 is 1.19 bits per heavy atom. The van der Waals surface area contributed by atoms with Crippen LogP contribution < -0.4 is 14.2 Å². The molecule has 1 aromatic carbocycles. The van der Waals surface area contributed by atoms with Gasteiger partial charge in [-0.1, -0.05) is 5.16 Å². The van der Waals surface area contributed by atoms with Gasteiger partial charge >= 0.3 is 0 Å². The van der Waals surface area contributed by atoms with E-state index in [4.69, 9.17) is 18.7 Å². The first kappa shape index (κ1) is 18.0. The summed E-state index contributed by atoms with van der Waals surface area (Å²) in [4.78, 5) is 19.1. The molecule has 0 bridgehead atoms. The molecule has 0 saturated carbocycles. The SMILES string of the molecule is COc1cc(C(=O)N2CCC[C@H](c3nc(C)no3)C2)cc(OC)c1OC. The molecule has 2 heterocycles. The van der Waals surface area contributed by atoms with E-state index in [-0.39, 0.29) is 11.8 Å². The third-order valence-electron chi connectivity index (χ3n) is 4.51. The first-order valence-electron chi connectivity index (χ1n) is 8.46. The Labute approximate surface area is 152 Å². The van der Waals surface area contributed by atoms with Gasteiger partial charge < -0.3 is 23.6 Å². The number of likely N-dealkylation sites (tertiary alicyclic amines) is 1. The summed E-state index contributed by atoms with van der Waals surface area (Å²) >= 11 is 0. The number of rotatable bonds is 5. The number of piperidine rings is 1. The minimum Gasteiger partial charge on any atom is -0.493 e. The Kier molecular flexibility index (Phi) is 5.29. The number of carbonyl (C=O) groups is 1. The number of carbonyl (C=O) groups excluding carboxylic acids is 1. The third kappa shape index (κ3) is 3.44. The van der Waals surface area contributed by atoms with Gasteiger partial charge in [0.1, 0.15) is 0 Å². The zero-order chi connectivity index (χ0) is 18.7. The molecule has 2 aromatic rings. The maximum absolute atomic E-state index is 13.0. The van der Waals surface area contributed by atoms with E-state index in [1.54, 1.807) is 24.0 Å². The van der Waals surface area contributed by atoms with Crippen molar-refractivity contribution in [1.29, 1.82) is 0 Å². The maximum atomic E-state index is 13.0. The van der Waals surface area contributed by atoms with E-state index in [1.165, 1.54) is 21.3 Å². The van der Waals surface area contributed by atoms with Crippen LogP contribution in [0.1, 0.15) is 40.8 Å². The molecular formula is C18H23N3O5. The van der Waals surface area contributed by atoms with E-state index in [0.29, 0.717) is 47.6 Å². The highest BCUT2D eigenvalue weighted by Crippen LogP contribution is 2.39. The molecule has 1 aliphatic rings. The molecule has 1 fully saturated rings. The molecule has 140 valence electrons. The van der Waals surface area contributed by atoms with Crippen molar-refractivity contribution in [2.24, 2.45) is 0 Å². The lowest BCUT2D eigenvalue weighted by molar-refractivity contribution is 0.0695. The van der Waals surface area contributed by atoms with Crippen LogP contribution in [0.5, 0.6) is 17.2 Å². The van der Waals surface area contributed by atoms with E-state index in [9.17, 15) is 4.79 Å². The fourth-order valence-corrected chi connectivity index (χ4v) is 3.23. The van der Waals surface area contributed by atoms with Crippen LogP contribution in [-0.2, 0) is 0 Å². The van der Waals surface area contributed by atoms with Gasteiger partial charge in [0, 0.05) is 18.7 Å². The molecule has 1 amide bonds. The van der Waals surface area contributed by atoms with Crippen molar-refractivity contribution in [2.45, 2.75) is 25.7 Å². The van der Waals surface area contributed by atoms with E-state index < -0.39 is 0 Å². The van der Waals surface area contributed by atoms with E-state index in [0.717, 1.165) is 12.8 Å². The number of hydrogen-bond donors (Lipinski definition) is 0. The van der Waals surface area contributed by atoms with E-state index >= 15 is 0 Å². The molecule has 0 aliphatic carbocycles. The number of aromatic nitrogens is 2. The van der Waals surface area contributed by atoms with Crippen LogP contribution in [0, 0.1) is 6.92 Å². The molecule has 8 nitrogen and oxygen atoms in total. The van der Waals surface area contributed by atoms with Crippen LogP contribution >= 0.6 is 0 Å². The Morgan fingerprint density at radius 3 is 2.42 bits per heavy atom. The van der Waals surface area contributed by atoms with Crippen LogP contribution in [-0.4, -0.2) is 55.4 Å². The molecule has 3 rings (SSSR count). The fraction of sp³-hybridized carbons (Fsp3) is 0.500. The minimum absolute atomic E-state index is 0.0518. The van der Waals surface area contributed by atoms with Crippen molar-refractivity contribution < 1.29 is 23.5 Å². The van der Waals surface area contributed by atoms with E-state index in [2.05, 4.69) is 10.1 Å². The lowest BCUT2D eigenvalue weighted by Crippen LogP contribution is -2.39. The molecule has 1 saturated heterocycles. The second kappa shape index (κ2) is 7.63. The zero-order valence-corrected chi connectivity index (χ0v) is 15.4. The fourth-order valence-electron chi connectivity index (χ4n) is 3.23. The lowest BCUT2D eigenvalue weighted by atomic mass is 9.97. The average Bonchev–Trinajstić information content (AvgIpc) is 3.12. The number of amides is 1. The van der Waals surface area contributed by atoms with Crippen molar-refractivity contribution in [3.8, 4) is 17.2 Å². The number of methoxy groups -OCH3 is 3. The maximum Gasteiger partial charge on any atom is 0.254 e. The first-order valence-corrected chi connectivity index (χ1v) is 8.46. The molecule has 0 unspecified atom stereocenters. The second-order valence-electron chi connectivity index (χ2n) is 6.18. The predicted octanol–water partition coefficient (Wildman–Crippen LogP) is 2.42. The normalized spacial score (nSPS) is 17.1. The van der Waals surface area contributed by atoms with Gasteiger partial charge in [-0.2, -0.15) is 4.98 Å². The number of benzene rings is 1. The van der Waals surface area contributed by atoms with Gasteiger partial charge in [-0.15, -0.1) is 0 Å². The molecule has 0 radical (unpaired) electrons. The average molecular weight is 361 g/mol. The largest absolute Gasteiger partial charge is 0.493 e. The van der Waals surface area contributed by atoms with Gasteiger partial charge in [-0.3, -0.25) is 4.79 Å². The van der Waals surface area contributed by atoms with Crippen molar-refractivity contribution in [3.05, 3.63) is 29.4 Å². The van der Waals surface area contributed by atoms with Crippen molar-refractivity contribution in [2.75, 3.05) is 34.4 Å². The molecule has 1 aliphatic heterocycles. The van der Waals surface area contributed by atoms with Crippen LogP contribution in [0.15, 0.2) is 16.7 Å². The highest BCUT2D eigenvalue weighted by molar-refractivity contribution is 5.95. The third-order valence-corrected chi connectivity index (χ3v) is 4.51. The molecule has 1 atom stereocenters. The summed E-state index contributed by atoms with van der Waals surface area (Å²) in [5, 5.41) is 3.85. The van der Waals surface area contributed by atoms with Crippen LogP contribution in [0.3, 0.4) is 0 Å². The second-order valence-corrected chi connectivity index (χ2v) is 6.18. The summed E-state index contributed by atoms with van der Waals surface area (Å²) in [6.45, 7) is 3.00. The van der Waals surface area contributed by atoms with Gasteiger partial charge in [0.15, 0.2) is 17.3 Å². The Hall–Kier alpha value is -2.77. The number of hydrogen-bond acceptors (Lipinski definition) is 7. The smallest absolute Gasteiger partial charge is 0.254 e.